The van der Waals surface area contributed by atoms with Gasteiger partial charge in [-0.1, -0.05) is 13.8 Å². The predicted molar refractivity (Wildman–Crippen MR) is 70.3 cm³/mol. The van der Waals surface area contributed by atoms with Crippen molar-refractivity contribution in [3.63, 3.8) is 0 Å². The quantitative estimate of drug-likeness (QED) is 0.843. The molecule has 6 heteroatoms. The molecule has 0 bridgehead atoms. The van der Waals surface area contributed by atoms with E-state index in [1.165, 1.54) is 6.33 Å². The molecule has 2 rings (SSSR count). The number of H-pyrrole nitrogens is 1. The highest BCUT2D eigenvalue weighted by molar-refractivity contribution is 5.53. The van der Waals surface area contributed by atoms with Crippen molar-refractivity contribution in [1.82, 2.24) is 25.1 Å². The van der Waals surface area contributed by atoms with Crippen LogP contribution in [0.15, 0.2) is 6.33 Å². The third kappa shape index (κ3) is 2.47. The first kappa shape index (κ1) is 12.5. The Kier molecular flexibility index (Phi) is 3.86. The summed E-state index contributed by atoms with van der Waals surface area (Å²) >= 11 is 0. The molecule has 96 valence electrons. The Balaban J connectivity index is 2.42. The van der Waals surface area contributed by atoms with Crippen molar-refractivity contribution in [3.05, 3.63) is 17.6 Å². The highest BCUT2D eigenvalue weighted by Crippen LogP contribution is 2.19. The van der Waals surface area contributed by atoms with E-state index in [1.54, 1.807) is 0 Å². The zero-order valence-corrected chi connectivity index (χ0v) is 11.0. The Bertz CT molecular complexity index is 506. The van der Waals surface area contributed by atoms with Crippen molar-refractivity contribution in [2.45, 2.75) is 33.6 Å². The highest BCUT2D eigenvalue weighted by Gasteiger charge is 2.12. The van der Waals surface area contributed by atoms with E-state index in [1.807, 2.05) is 6.92 Å². The summed E-state index contributed by atoms with van der Waals surface area (Å²) in [6, 6.07) is 0. The standard InChI is InChI=1S/C12H18N6/c1-4-6-13-10-8(3)9(5-2)16-12(17-10)11-14-7-15-18-11/h7H,4-6H2,1-3H3,(H,13,16,17)(H,14,15,18). The van der Waals surface area contributed by atoms with Crippen molar-refractivity contribution in [1.29, 1.82) is 0 Å². The van der Waals surface area contributed by atoms with Crippen LogP contribution in [-0.4, -0.2) is 31.7 Å². The van der Waals surface area contributed by atoms with E-state index in [9.17, 15) is 0 Å². The largest absolute Gasteiger partial charge is 0.370 e. The Morgan fingerprint density at radius 3 is 2.72 bits per heavy atom. The fourth-order valence-corrected chi connectivity index (χ4v) is 1.74. The number of hydrogen-bond donors (Lipinski definition) is 2. The Hall–Kier alpha value is -1.98. The van der Waals surface area contributed by atoms with Crippen molar-refractivity contribution in [3.8, 4) is 11.6 Å². The number of nitrogens with one attached hydrogen (secondary N) is 2. The van der Waals surface area contributed by atoms with Gasteiger partial charge in [-0.05, 0) is 19.8 Å². The van der Waals surface area contributed by atoms with Crippen LogP contribution in [0, 0.1) is 6.92 Å². The molecule has 0 aliphatic heterocycles. The van der Waals surface area contributed by atoms with E-state index in [0.29, 0.717) is 11.6 Å². The van der Waals surface area contributed by atoms with Crippen LogP contribution in [0.3, 0.4) is 0 Å². The van der Waals surface area contributed by atoms with Gasteiger partial charge in [-0.25, -0.2) is 15.0 Å². The van der Waals surface area contributed by atoms with Crippen molar-refractivity contribution in [2.75, 3.05) is 11.9 Å². The summed E-state index contributed by atoms with van der Waals surface area (Å²) in [6.07, 6.45) is 3.39. The molecule has 2 N–H and O–H groups in total. The van der Waals surface area contributed by atoms with Crippen LogP contribution in [0.2, 0.25) is 0 Å². The smallest absolute Gasteiger partial charge is 0.199 e. The molecule has 0 amide bonds. The third-order valence-corrected chi connectivity index (χ3v) is 2.75. The lowest BCUT2D eigenvalue weighted by atomic mass is 10.2. The number of anilines is 1. The fraction of sp³-hybridized carbons (Fsp3) is 0.500. The summed E-state index contributed by atoms with van der Waals surface area (Å²) in [7, 11) is 0. The predicted octanol–water partition coefficient (Wildman–Crippen LogP) is 1.95. The van der Waals surface area contributed by atoms with Crippen LogP contribution >= 0.6 is 0 Å². The number of aromatic amines is 1. The maximum Gasteiger partial charge on any atom is 0.199 e. The minimum absolute atomic E-state index is 0.591. The first-order valence-electron chi connectivity index (χ1n) is 6.23. The normalized spacial score (nSPS) is 10.6. The Morgan fingerprint density at radius 1 is 1.28 bits per heavy atom. The summed E-state index contributed by atoms with van der Waals surface area (Å²) in [6.45, 7) is 7.16. The van der Waals surface area contributed by atoms with E-state index < -0.39 is 0 Å². The second-order valence-corrected chi connectivity index (χ2v) is 4.08. The molecular weight excluding hydrogens is 228 g/mol. The maximum atomic E-state index is 4.52. The van der Waals surface area contributed by atoms with Crippen LogP contribution in [0.5, 0.6) is 0 Å². The summed E-state index contributed by atoms with van der Waals surface area (Å²) < 4.78 is 0. The van der Waals surface area contributed by atoms with Crippen molar-refractivity contribution >= 4 is 5.82 Å². The molecule has 0 radical (unpaired) electrons. The molecular formula is C12H18N6. The molecule has 0 aromatic carbocycles. The number of aryl methyl sites for hydroxylation is 1. The minimum Gasteiger partial charge on any atom is -0.370 e. The Morgan fingerprint density at radius 2 is 2.11 bits per heavy atom. The molecule has 2 aromatic heterocycles. The van der Waals surface area contributed by atoms with Crippen LogP contribution in [0.25, 0.3) is 11.6 Å². The van der Waals surface area contributed by atoms with E-state index in [-0.39, 0.29) is 0 Å². The van der Waals surface area contributed by atoms with Gasteiger partial charge in [-0.3, -0.25) is 5.10 Å². The molecule has 0 atom stereocenters. The number of rotatable bonds is 5. The van der Waals surface area contributed by atoms with Gasteiger partial charge in [-0.2, -0.15) is 5.10 Å². The Labute approximate surface area is 106 Å². The molecule has 0 aliphatic rings. The minimum atomic E-state index is 0.591. The van der Waals surface area contributed by atoms with Crippen LogP contribution < -0.4 is 5.32 Å². The molecule has 2 aromatic rings. The number of hydrogen-bond acceptors (Lipinski definition) is 5. The molecule has 0 fully saturated rings. The molecule has 6 nitrogen and oxygen atoms in total. The summed E-state index contributed by atoms with van der Waals surface area (Å²) in [5, 5.41) is 9.95. The van der Waals surface area contributed by atoms with E-state index in [0.717, 1.165) is 36.5 Å². The molecule has 0 spiro atoms. The zero-order chi connectivity index (χ0) is 13.0. The molecule has 2 heterocycles. The summed E-state index contributed by atoms with van der Waals surface area (Å²) in [5.41, 5.74) is 2.14. The van der Waals surface area contributed by atoms with E-state index in [4.69, 9.17) is 0 Å². The van der Waals surface area contributed by atoms with Gasteiger partial charge >= 0.3 is 0 Å². The highest BCUT2D eigenvalue weighted by atomic mass is 15.2. The van der Waals surface area contributed by atoms with Gasteiger partial charge in [0.05, 0.1) is 0 Å². The van der Waals surface area contributed by atoms with Crippen molar-refractivity contribution in [2.24, 2.45) is 0 Å². The lowest BCUT2D eigenvalue weighted by molar-refractivity contribution is 0.929. The number of aromatic nitrogens is 5. The monoisotopic (exact) mass is 246 g/mol. The SMILES string of the molecule is CCCNc1nc(-c2ncn[nH]2)nc(CC)c1C. The lowest BCUT2D eigenvalue weighted by Crippen LogP contribution is -2.09. The van der Waals surface area contributed by atoms with Gasteiger partial charge in [0, 0.05) is 17.8 Å². The van der Waals surface area contributed by atoms with Gasteiger partial charge in [0.2, 0.25) is 0 Å². The van der Waals surface area contributed by atoms with Gasteiger partial charge in [-0.15, -0.1) is 0 Å². The van der Waals surface area contributed by atoms with Crippen molar-refractivity contribution < 1.29 is 0 Å². The summed E-state index contributed by atoms with van der Waals surface area (Å²) in [5.74, 6) is 2.08. The zero-order valence-electron chi connectivity index (χ0n) is 11.0. The molecule has 0 aliphatic carbocycles. The second kappa shape index (κ2) is 5.57. The van der Waals surface area contributed by atoms with Gasteiger partial charge in [0.1, 0.15) is 12.1 Å². The fourth-order valence-electron chi connectivity index (χ4n) is 1.74. The van der Waals surface area contributed by atoms with Gasteiger partial charge < -0.3 is 5.32 Å². The van der Waals surface area contributed by atoms with Crippen LogP contribution in [0.1, 0.15) is 31.5 Å². The maximum absolute atomic E-state index is 4.52. The second-order valence-electron chi connectivity index (χ2n) is 4.08. The summed E-state index contributed by atoms with van der Waals surface area (Å²) in [4.78, 5) is 13.1. The topological polar surface area (TPSA) is 79.4 Å². The average Bonchev–Trinajstić information content (AvgIpc) is 2.91. The molecule has 0 saturated heterocycles. The van der Waals surface area contributed by atoms with E-state index >= 15 is 0 Å². The average molecular weight is 246 g/mol. The molecule has 18 heavy (non-hydrogen) atoms. The molecule has 0 unspecified atom stereocenters. The first-order valence-corrected chi connectivity index (χ1v) is 6.23. The lowest BCUT2D eigenvalue weighted by Gasteiger charge is -2.11. The van der Waals surface area contributed by atoms with E-state index in [2.05, 4.69) is 44.3 Å². The van der Waals surface area contributed by atoms with Gasteiger partial charge in [0.25, 0.3) is 0 Å². The number of nitrogens with zero attached hydrogens (tertiary/aromatic N) is 4. The van der Waals surface area contributed by atoms with Crippen LogP contribution in [0.4, 0.5) is 5.82 Å². The van der Waals surface area contributed by atoms with Crippen LogP contribution in [-0.2, 0) is 6.42 Å². The van der Waals surface area contributed by atoms with Gasteiger partial charge in [0.15, 0.2) is 11.6 Å². The first-order chi connectivity index (χ1) is 8.76. The third-order valence-electron chi connectivity index (χ3n) is 2.75. The molecule has 0 saturated carbocycles.